The summed E-state index contributed by atoms with van der Waals surface area (Å²) >= 11 is 1.15. The molecular weight excluding hydrogens is 481 g/mol. The molecule has 5 heterocycles. The molecule has 1 spiro atoms. The van der Waals surface area contributed by atoms with E-state index in [1.165, 1.54) is 4.90 Å². The molecule has 5 amide bonds. The molecule has 35 heavy (non-hydrogen) atoms. The van der Waals surface area contributed by atoms with E-state index in [-0.39, 0.29) is 52.0 Å². The third-order valence-corrected chi connectivity index (χ3v) is 8.14. The molecule has 0 bridgehead atoms. The van der Waals surface area contributed by atoms with Gasteiger partial charge in [0.2, 0.25) is 17.4 Å². The first-order valence-electron chi connectivity index (χ1n) is 11.3. The monoisotopic (exact) mass is 503 g/mol. The highest BCUT2D eigenvalue weighted by atomic mass is 32.2. The molecule has 0 unspecified atom stereocenters. The number of nitrogens with zero attached hydrogens (tertiary/aromatic N) is 3. The van der Waals surface area contributed by atoms with Crippen molar-refractivity contribution in [1.82, 2.24) is 15.8 Å². The highest BCUT2D eigenvalue weighted by Gasteiger charge is 2.63. The number of amides is 5. The van der Waals surface area contributed by atoms with Gasteiger partial charge >= 0.3 is 6.03 Å². The summed E-state index contributed by atoms with van der Waals surface area (Å²) in [5.74, 6) is -2.01. The number of hydrogen-bond donors (Lipinski definition) is 2. The van der Waals surface area contributed by atoms with Crippen LogP contribution in [0.15, 0.2) is 10.6 Å². The molecule has 13 heteroatoms. The molecule has 0 radical (unpaired) electrons. The lowest BCUT2D eigenvalue weighted by atomic mass is 9.66. The van der Waals surface area contributed by atoms with Crippen molar-refractivity contribution >= 4 is 57.3 Å². The van der Waals surface area contributed by atoms with E-state index in [2.05, 4.69) is 15.8 Å². The zero-order chi connectivity index (χ0) is 24.8. The molecule has 11 nitrogen and oxygen atoms in total. The molecule has 3 fully saturated rings. The summed E-state index contributed by atoms with van der Waals surface area (Å²) in [6, 6.07) is -0.144. The van der Waals surface area contributed by atoms with Crippen LogP contribution in [0.4, 0.5) is 25.5 Å². The van der Waals surface area contributed by atoms with Crippen molar-refractivity contribution in [2.45, 2.75) is 50.7 Å². The number of barbiturate groups is 1. The van der Waals surface area contributed by atoms with E-state index >= 15 is 4.39 Å². The van der Waals surface area contributed by atoms with Crippen molar-refractivity contribution in [3.8, 4) is 0 Å². The predicted octanol–water partition coefficient (Wildman–Crippen LogP) is 1.92. The van der Waals surface area contributed by atoms with E-state index in [0.717, 1.165) is 11.8 Å². The second-order valence-corrected chi connectivity index (χ2v) is 10.9. The Bertz CT molecular complexity index is 1310. The quantitative estimate of drug-likeness (QED) is 0.560. The van der Waals surface area contributed by atoms with Gasteiger partial charge in [-0.2, -0.15) is 0 Å². The van der Waals surface area contributed by atoms with Crippen molar-refractivity contribution in [3.63, 3.8) is 0 Å². The zero-order valence-electron chi connectivity index (χ0n) is 19.1. The molecule has 0 saturated carbocycles. The number of halogens is 1. The average Bonchev–Trinajstić information content (AvgIpc) is 3.33. The molecule has 4 aliphatic rings. The van der Waals surface area contributed by atoms with Gasteiger partial charge in [0.25, 0.3) is 5.24 Å². The molecule has 2 N–H and O–H groups in total. The number of urea groups is 1. The first-order chi connectivity index (χ1) is 16.6. The second-order valence-electron chi connectivity index (χ2n) is 9.52. The Morgan fingerprint density at radius 3 is 2.51 bits per heavy atom. The third-order valence-electron chi connectivity index (χ3n) is 7.16. The molecule has 1 aromatic carbocycles. The Morgan fingerprint density at radius 2 is 1.86 bits per heavy atom. The average molecular weight is 504 g/mol. The van der Waals surface area contributed by atoms with Crippen LogP contribution in [-0.4, -0.2) is 64.8 Å². The number of anilines is 2. The van der Waals surface area contributed by atoms with Crippen LogP contribution in [0.2, 0.25) is 0 Å². The largest absolute Gasteiger partial charge is 0.372 e. The normalized spacial score (nSPS) is 29.9. The Morgan fingerprint density at radius 1 is 1.14 bits per heavy atom. The van der Waals surface area contributed by atoms with Gasteiger partial charge in [-0.3, -0.25) is 29.9 Å². The second kappa shape index (κ2) is 7.40. The smallest absolute Gasteiger partial charge is 0.328 e. The first kappa shape index (κ1) is 22.3. The first-order valence-corrected chi connectivity index (χ1v) is 12.2. The van der Waals surface area contributed by atoms with E-state index in [9.17, 15) is 19.2 Å². The maximum Gasteiger partial charge on any atom is 0.328 e. The van der Waals surface area contributed by atoms with Crippen LogP contribution in [0, 0.1) is 11.2 Å². The summed E-state index contributed by atoms with van der Waals surface area (Å²) in [6.07, 6.45) is -1.12. The minimum absolute atomic E-state index is 0.0317. The topological polar surface area (TPSA) is 134 Å². The van der Waals surface area contributed by atoms with Crippen LogP contribution in [0.25, 0.3) is 11.0 Å². The number of carbonyl (C=O) groups is 4. The van der Waals surface area contributed by atoms with Crippen LogP contribution < -0.4 is 20.4 Å². The van der Waals surface area contributed by atoms with Gasteiger partial charge in [0, 0.05) is 24.8 Å². The lowest BCUT2D eigenvalue weighted by Crippen LogP contribution is -2.75. The number of nitrogens with one attached hydrogen (secondary N) is 2. The van der Waals surface area contributed by atoms with Crippen LogP contribution in [0.5, 0.6) is 0 Å². The summed E-state index contributed by atoms with van der Waals surface area (Å²) in [4.78, 5) is 54.0. The SMILES string of the molecule is C[C@@H]1CN2c3c(cc4c(N5C[C@@H](C)SC5=O)noc4c3F)CC3(C(=O)NC(=O)NC3=O)[C@H]2[C@H](C)O1. The van der Waals surface area contributed by atoms with E-state index < -0.39 is 41.2 Å². The highest BCUT2D eigenvalue weighted by molar-refractivity contribution is 8.14. The highest BCUT2D eigenvalue weighted by Crippen LogP contribution is 2.50. The van der Waals surface area contributed by atoms with Crippen molar-refractivity contribution in [2.75, 3.05) is 22.9 Å². The number of fused-ring (bicyclic) bond motifs is 5. The Hall–Kier alpha value is -3.19. The number of rotatable bonds is 1. The fraction of sp³-hybridized carbons (Fsp3) is 0.500. The van der Waals surface area contributed by atoms with Gasteiger partial charge in [-0.05, 0) is 25.5 Å². The van der Waals surface area contributed by atoms with Gasteiger partial charge in [0.05, 0.1) is 29.3 Å². The third kappa shape index (κ3) is 2.97. The van der Waals surface area contributed by atoms with Gasteiger partial charge in [-0.25, -0.2) is 9.18 Å². The fourth-order valence-electron chi connectivity index (χ4n) is 5.91. The van der Waals surface area contributed by atoms with Crippen LogP contribution in [0.3, 0.4) is 0 Å². The van der Waals surface area contributed by atoms with Crippen molar-refractivity contribution in [2.24, 2.45) is 5.41 Å². The summed E-state index contributed by atoms with van der Waals surface area (Å²) in [7, 11) is 0. The van der Waals surface area contributed by atoms with E-state index in [1.807, 2.05) is 13.8 Å². The maximum atomic E-state index is 16.1. The van der Waals surface area contributed by atoms with Crippen LogP contribution in [0.1, 0.15) is 26.3 Å². The van der Waals surface area contributed by atoms with Gasteiger partial charge in [0.1, 0.15) is 0 Å². The Balaban J connectivity index is 1.57. The number of morpholine rings is 1. The molecule has 2 aromatic rings. The number of thioether (sulfide) groups is 1. The summed E-state index contributed by atoms with van der Waals surface area (Å²) in [6.45, 7) is 6.04. The van der Waals surface area contributed by atoms with E-state index in [0.29, 0.717) is 12.1 Å². The van der Waals surface area contributed by atoms with Crippen molar-refractivity contribution in [1.29, 1.82) is 0 Å². The fourth-order valence-corrected chi connectivity index (χ4v) is 6.76. The number of aromatic nitrogens is 1. The number of hydrogen-bond acceptors (Lipinski definition) is 9. The van der Waals surface area contributed by atoms with Crippen molar-refractivity contribution in [3.05, 3.63) is 17.4 Å². The molecular formula is C22H22FN5O6S. The number of ether oxygens (including phenoxy) is 1. The maximum absolute atomic E-state index is 16.1. The summed E-state index contributed by atoms with van der Waals surface area (Å²) < 4.78 is 27.4. The minimum Gasteiger partial charge on any atom is -0.372 e. The Labute approximate surface area is 202 Å². The van der Waals surface area contributed by atoms with E-state index in [1.54, 1.807) is 17.9 Å². The molecule has 1 aromatic heterocycles. The van der Waals surface area contributed by atoms with Crippen LogP contribution in [-0.2, 0) is 20.7 Å². The van der Waals surface area contributed by atoms with Gasteiger partial charge in [0.15, 0.2) is 17.1 Å². The molecule has 4 atom stereocenters. The zero-order valence-corrected chi connectivity index (χ0v) is 19.9. The summed E-state index contributed by atoms with van der Waals surface area (Å²) in [5, 5.41) is 8.51. The minimum atomic E-state index is -1.73. The Kier molecular flexibility index (Phi) is 4.71. The molecule has 4 aliphatic heterocycles. The summed E-state index contributed by atoms with van der Waals surface area (Å²) in [5.41, 5.74) is -1.26. The van der Waals surface area contributed by atoms with E-state index in [4.69, 9.17) is 9.26 Å². The molecule has 184 valence electrons. The van der Waals surface area contributed by atoms with Gasteiger partial charge in [-0.1, -0.05) is 23.8 Å². The number of carbonyl (C=O) groups excluding carboxylic acids is 4. The molecule has 3 saturated heterocycles. The molecule has 6 rings (SSSR count). The van der Waals surface area contributed by atoms with Crippen molar-refractivity contribution < 1.29 is 32.8 Å². The lowest BCUT2D eigenvalue weighted by Gasteiger charge is -2.55. The van der Waals surface area contributed by atoms with Crippen LogP contribution >= 0.6 is 11.8 Å². The number of imide groups is 2. The van der Waals surface area contributed by atoms with Gasteiger partial charge in [-0.15, -0.1) is 0 Å². The standard InChI is InChI=1S/C22H22FN5O6S/c1-8-6-27-14-11(5-22(16(27)10(3)33-8)18(29)24-20(31)25-19(22)30)4-12-15(13(14)23)34-26-17(12)28-7-9(2)35-21(28)32/h4,8-10,16H,5-7H2,1-3H3,(H2,24,25,29,30,31)/t8-,9-,10+,16-/m1/s1. The number of benzene rings is 1. The predicted molar refractivity (Wildman–Crippen MR) is 123 cm³/mol. The molecule has 0 aliphatic carbocycles. The lowest BCUT2D eigenvalue weighted by molar-refractivity contribution is -0.153. The van der Waals surface area contributed by atoms with Gasteiger partial charge < -0.3 is 14.2 Å².